The van der Waals surface area contributed by atoms with Crippen LogP contribution in [0.3, 0.4) is 0 Å². The van der Waals surface area contributed by atoms with Crippen LogP contribution in [0.4, 0.5) is 5.69 Å². The number of hydrogen-bond acceptors (Lipinski definition) is 3. The van der Waals surface area contributed by atoms with Gasteiger partial charge in [0.15, 0.2) is 0 Å². The number of nitrogen functional groups attached to an aromatic ring is 1. The molecule has 114 valence electrons. The SMILES string of the molecule is Cc1c(N)cccc1C(=O)N1CCCCC1CCC(=O)O. The number of carboxylic acids is 1. The molecule has 1 saturated heterocycles. The van der Waals surface area contributed by atoms with Gasteiger partial charge >= 0.3 is 5.97 Å². The van der Waals surface area contributed by atoms with E-state index in [1.54, 1.807) is 18.2 Å². The van der Waals surface area contributed by atoms with E-state index in [2.05, 4.69) is 0 Å². The number of carbonyl (C=O) groups excluding carboxylic acids is 1. The highest BCUT2D eigenvalue weighted by atomic mass is 16.4. The molecule has 1 unspecified atom stereocenters. The number of nitrogens with two attached hydrogens (primary N) is 1. The first-order chi connectivity index (χ1) is 10.0. The number of nitrogens with zero attached hydrogens (tertiary/aromatic N) is 1. The zero-order valence-corrected chi connectivity index (χ0v) is 12.3. The van der Waals surface area contributed by atoms with E-state index in [1.165, 1.54) is 0 Å². The Morgan fingerprint density at radius 3 is 2.86 bits per heavy atom. The van der Waals surface area contributed by atoms with Crippen molar-refractivity contribution in [3.63, 3.8) is 0 Å². The Morgan fingerprint density at radius 1 is 1.38 bits per heavy atom. The number of carbonyl (C=O) groups is 2. The van der Waals surface area contributed by atoms with E-state index in [9.17, 15) is 9.59 Å². The molecule has 1 aromatic rings. The van der Waals surface area contributed by atoms with Crippen molar-refractivity contribution < 1.29 is 14.7 Å². The highest BCUT2D eigenvalue weighted by molar-refractivity contribution is 5.97. The van der Waals surface area contributed by atoms with Gasteiger partial charge in [0, 0.05) is 30.3 Å². The Balaban J connectivity index is 2.18. The van der Waals surface area contributed by atoms with Crippen LogP contribution in [0, 0.1) is 6.92 Å². The summed E-state index contributed by atoms with van der Waals surface area (Å²) in [5.74, 6) is -0.844. The van der Waals surface area contributed by atoms with E-state index in [-0.39, 0.29) is 18.4 Å². The van der Waals surface area contributed by atoms with Crippen molar-refractivity contribution in [3.05, 3.63) is 29.3 Å². The minimum Gasteiger partial charge on any atom is -0.481 e. The van der Waals surface area contributed by atoms with Gasteiger partial charge in [-0.2, -0.15) is 0 Å². The average Bonchev–Trinajstić information content (AvgIpc) is 2.47. The summed E-state index contributed by atoms with van der Waals surface area (Å²) in [6.07, 6.45) is 3.51. The van der Waals surface area contributed by atoms with Crippen molar-refractivity contribution in [3.8, 4) is 0 Å². The van der Waals surface area contributed by atoms with Crippen LogP contribution in [0.5, 0.6) is 0 Å². The summed E-state index contributed by atoms with van der Waals surface area (Å²) in [4.78, 5) is 25.3. The molecule has 1 atom stereocenters. The Bertz CT molecular complexity index is 542. The first-order valence-electron chi connectivity index (χ1n) is 7.38. The van der Waals surface area contributed by atoms with E-state index in [1.807, 2.05) is 11.8 Å². The van der Waals surface area contributed by atoms with Crippen LogP contribution in [-0.2, 0) is 4.79 Å². The van der Waals surface area contributed by atoms with E-state index < -0.39 is 5.97 Å². The summed E-state index contributed by atoms with van der Waals surface area (Å²) in [5.41, 5.74) is 7.90. The zero-order chi connectivity index (χ0) is 15.4. The molecule has 5 heteroatoms. The second-order valence-corrected chi connectivity index (χ2v) is 5.60. The minimum atomic E-state index is -0.812. The van der Waals surface area contributed by atoms with Crippen LogP contribution in [0.15, 0.2) is 18.2 Å². The topological polar surface area (TPSA) is 83.6 Å². The lowest BCUT2D eigenvalue weighted by Crippen LogP contribution is -2.44. The summed E-state index contributed by atoms with van der Waals surface area (Å²) < 4.78 is 0. The molecule has 1 amide bonds. The van der Waals surface area contributed by atoms with Crippen LogP contribution in [-0.4, -0.2) is 34.5 Å². The van der Waals surface area contributed by atoms with E-state index in [0.717, 1.165) is 24.8 Å². The van der Waals surface area contributed by atoms with Crippen LogP contribution < -0.4 is 5.73 Å². The lowest BCUT2D eigenvalue weighted by Gasteiger charge is -2.36. The summed E-state index contributed by atoms with van der Waals surface area (Å²) in [5, 5.41) is 8.85. The van der Waals surface area contributed by atoms with Crippen molar-refractivity contribution in [2.24, 2.45) is 0 Å². The molecule has 0 aromatic heterocycles. The maximum atomic E-state index is 12.8. The van der Waals surface area contributed by atoms with E-state index in [4.69, 9.17) is 10.8 Å². The van der Waals surface area contributed by atoms with Crippen molar-refractivity contribution in [2.75, 3.05) is 12.3 Å². The molecule has 2 rings (SSSR count). The first-order valence-corrected chi connectivity index (χ1v) is 7.38. The molecule has 1 heterocycles. The van der Waals surface area contributed by atoms with Gasteiger partial charge in [-0.15, -0.1) is 0 Å². The van der Waals surface area contributed by atoms with Gasteiger partial charge in [-0.1, -0.05) is 6.07 Å². The van der Waals surface area contributed by atoms with Gasteiger partial charge in [-0.05, 0) is 50.3 Å². The van der Waals surface area contributed by atoms with Crippen LogP contribution in [0.2, 0.25) is 0 Å². The van der Waals surface area contributed by atoms with Crippen LogP contribution in [0.1, 0.15) is 48.0 Å². The number of hydrogen-bond donors (Lipinski definition) is 2. The van der Waals surface area contributed by atoms with Gasteiger partial charge in [-0.25, -0.2) is 0 Å². The molecule has 1 fully saturated rings. The fraction of sp³-hybridized carbons (Fsp3) is 0.500. The summed E-state index contributed by atoms with van der Waals surface area (Å²) >= 11 is 0. The van der Waals surface area contributed by atoms with E-state index in [0.29, 0.717) is 24.2 Å². The lowest BCUT2D eigenvalue weighted by molar-refractivity contribution is -0.137. The maximum absolute atomic E-state index is 12.8. The van der Waals surface area contributed by atoms with Gasteiger partial charge in [-0.3, -0.25) is 9.59 Å². The molecule has 0 aliphatic carbocycles. The zero-order valence-electron chi connectivity index (χ0n) is 12.3. The molecular weight excluding hydrogens is 268 g/mol. The van der Waals surface area contributed by atoms with Gasteiger partial charge in [0.2, 0.25) is 0 Å². The molecule has 21 heavy (non-hydrogen) atoms. The van der Waals surface area contributed by atoms with Gasteiger partial charge in [0.05, 0.1) is 0 Å². The number of aliphatic carboxylic acids is 1. The minimum absolute atomic E-state index is 0.0168. The maximum Gasteiger partial charge on any atom is 0.303 e. The van der Waals surface area contributed by atoms with Crippen molar-refractivity contribution in [1.82, 2.24) is 4.90 Å². The summed E-state index contributed by atoms with van der Waals surface area (Å²) in [6.45, 7) is 2.54. The number of carboxylic acid groups (broad SMARTS) is 1. The highest BCUT2D eigenvalue weighted by Crippen LogP contribution is 2.25. The Kier molecular flexibility index (Phi) is 4.83. The van der Waals surface area contributed by atoms with Crippen molar-refractivity contribution in [2.45, 2.75) is 45.1 Å². The van der Waals surface area contributed by atoms with Crippen LogP contribution >= 0.6 is 0 Å². The first kappa shape index (κ1) is 15.4. The number of likely N-dealkylation sites (tertiary alicyclic amines) is 1. The highest BCUT2D eigenvalue weighted by Gasteiger charge is 2.28. The molecule has 0 bridgehead atoms. The van der Waals surface area contributed by atoms with Gasteiger partial charge in [0.1, 0.15) is 0 Å². The summed E-state index contributed by atoms with van der Waals surface area (Å²) in [7, 11) is 0. The number of benzene rings is 1. The average molecular weight is 290 g/mol. The molecule has 0 saturated carbocycles. The molecule has 5 nitrogen and oxygen atoms in total. The Morgan fingerprint density at radius 2 is 2.14 bits per heavy atom. The third-order valence-electron chi connectivity index (χ3n) is 4.19. The predicted octanol–water partition coefficient (Wildman–Crippen LogP) is 2.44. The quantitative estimate of drug-likeness (QED) is 0.834. The fourth-order valence-corrected chi connectivity index (χ4v) is 2.90. The second kappa shape index (κ2) is 6.61. The largest absolute Gasteiger partial charge is 0.481 e. The standard InChI is InChI=1S/C16H22N2O3/c1-11-13(6-4-7-14(11)17)16(21)18-10-3-2-5-12(18)8-9-15(19)20/h4,6-7,12H,2-3,5,8-10,17H2,1H3,(H,19,20). The van der Waals surface area contributed by atoms with Crippen molar-refractivity contribution in [1.29, 1.82) is 0 Å². The molecule has 1 aromatic carbocycles. The van der Waals surface area contributed by atoms with Gasteiger partial charge in [0.25, 0.3) is 5.91 Å². The normalized spacial score (nSPS) is 18.5. The monoisotopic (exact) mass is 290 g/mol. The summed E-state index contributed by atoms with van der Waals surface area (Å²) in [6, 6.07) is 5.37. The lowest BCUT2D eigenvalue weighted by atomic mass is 9.96. The molecule has 1 aliphatic heterocycles. The number of rotatable bonds is 4. The smallest absolute Gasteiger partial charge is 0.303 e. The molecule has 0 spiro atoms. The van der Waals surface area contributed by atoms with Crippen molar-refractivity contribution >= 4 is 17.6 Å². The predicted molar refractivity (Wildman–Crippen MR) is 81.1 cm³/mol. The molecule has 3 N–H and O–H groups in total. The third-order valence-corrected chi connectivity index (χ3v) is 4.19. The fourth-order valence-electron chi connectivity index (χ4n) is 2.90. The molecule has 1 aliphatic rings. The third kappa shape index (κ3) is 3.54. The number of amides is 1. The van der Waals surface area contributed by atoms with Crippen LogP contribution in [0.25, 0.3) is 0 Å². The second-order valence-electron chi connectivity index (χ2n) is 5.60. The molecule has 0 radical (unpaired) electrons. The van der Waals surface area contributed by atoms with Gasteiger partial charge < -0.3 is 15.7 Å². The Labute approximate surface area is 124 Å². The number of piperidine rings is 1. The Hall–Kier alpha value is -2.04. The number of anilines is 1. The molecular formula is C16H22N2O3. The van der Waals surface area contributed by atoms with E-state index >= 15 is 0 Å².